The van der Waals surface area contributed by atoms with Gasteiger partial charge < -0.3 is 31.5 Å². The highest BCUT2D eigenvalue weighted by Crippen LogP contribution is 2.15. The average molecular weight is 521 g/mol. The van der Waals surface area contributed by atoms with Gasteiger partial charge in [0.15, 0.2) is 0 Å². The number of hydrogen-bond donors (Lipinski definition) is 6. The molecular weight excluding hydrogens is 472 g/mol. The molecule has 0 fully saturated rings. The van der Waals surface area contributed by atoms with Crippen molar-refractivity contribution in [3.8, 4) is 0 Å². The van der Waals surface area contributed by atoms with E-state index in [1.54, 1.807) is 14.0 Å². The fourth-order valence-corrected chi connectivity index (χ4v) is 4.11. The van der Waals surface area contributed by atoms with Gasteiger partial charge in [0.1, 0.15) is 0 Å². The summed E-state index contributed by atoms with van der Waals surface area (Å²) in [6.45, 7) is 8.67. The number of carbonyl (C=O) groups is 3. The highest BCUT2D eigenvalue weighted by molar-refractivity contribution is 5.86. The molecule has 0 saturated carbocycles. The maximum Gasteiger partial charge on any atom is 0.225 e. The molecule has 9 heteroatoms. The van der Waals surface area contributed by atoms with Gasteiger partial charge in [0.2, 0.25) is 17.7 Å². The van der Waals surface area contributed by atoms with Crippen molar-refractivity contribution in [1.82, 2.24) is 21.3 Å². The summed E-state index contributed by atoms with van der Waals surface area (Å²) in [5.74, 6) is -1.55. The number of aliphatic hydroxyl groups excluding tert-OH is 2. The van der Waals surface area contributed by atoms with Gasteiger partial charge in [-0.2, -0.15) is 0 Å². The molecule has 0 aromatic heterocycles. The van der Waals surface area contributed by atoms with Crippen molar-refractivity contribution in [3.63, 3.8) is 0 Å². The summed E-state index contributed by atoms with van der Waals surface area (Å²) < 4.78 is 0. The average Bonchev–Trinajstić information content (AvgIpc) is 2.86. The number of nitrogens with one attached hydrogen (secondary N) is 4. The number of aliphatic hydroxyl groups is 2. The Bertz CT molecular complexity index is 805. The molecule has 0 spiro atoms. The molecule has 3 unspecified atom stereocenters. The van der Waals surface area contributed by atoms with E-state index in [0.717, 1.165) is 5.56 Å². The summed E-state index contributed by atoms with van der Waals surface area (Å²) in [5, 5.41) is 32.0. The predicted octanol–water partition coefficient (Wildman–Crippen LogP) is 1.38. The summed E-state index contributed by atoms with van der Waals surface area (Å²) in [4.78, 5) is 38.3. The van der Waals surface area contributed by atoms with Crippen molar-refractivity contribution >= 4 is 17.7 Å². The molecule has 1 aromatic rings. The third-order valence-electron chi connectivity index (χ3n) is 6.50. The Hall–Kier alpha value is -2.49. The standard InChI is InChI=1S/C28H48N4O5/c1-6-22(28(37)32-20(4)26(35)24(33)16-19(2)3)18-31-27(36)23(17-25(34)30-15-14-29-5)13-12-21-10-8-7-9-11-21/h7-11,19-20,22-24,26,29,33,35H,6,12-18H2,1-5H3,(H,30,34)(H,31,36)(H,32,37)/t20?,22-,23-,24?,26?/m1/s1. The summed E-state index contributed by atoms with van der Waals surface area (Å²) in [6.07, 6.45) is 0.151. The van der Waals surface area contributed by atoms with Crippen molar-refractivity contribution in [2.45, 2.75) is 78.0 Å². The highest BCUT2D eigenvalue weighted by atomic mass is 16.3. The Morgan fingerprint density at radius 2 is 1.59 bits per heavy atom. The van der Waals surface area contributed by atoms with Gasteiger partial charge in [0, 0.05) is 32.0 Å². The minimum atomic E-state index is -1.08. The van der Waals surface area contributed by atoms with Crippen molar-refractivity contribution in [2.75, 3.05) is 26.7 Å². The third kappa shape index (κ3) is 13.0. The van der Waals surface area contributed by atoms with Gasteiger partial charge in [-0.15, -0.1) is 0 Å². The van der Waals surface area contributed by atoms with Gasteiger partial charge in [-0.25, -0.2) is 0 Å². The minimum absolute atomic E-state index is 0.0718. The SMILES string of the molecule is CC[C@H](CNC(=O)[C@H](CCc1ccccc1)CC(=O)NCCNC)C(=O)NC(C)C(O)C(O)CC(C)C. The molecule has 9 nitrogen and oxygen atoms in total. The minimum Gasteiger partial charge on any atom is -0.390 e. The zero-order chi connectivity index (χ0) is 27.8. The van der Waals surface area contributed by atoms with Crippen molar-refractivity contribution in [1.29, 1.82) is 0 Å². The lowest BCUT2D eigenvalue weighted by molar-refractivity contribution is -0.131. The van der Waals surface area contributed by atoms with Crippen LogP contribution < -0.4 is 21.3 Å². The van der Waals surface area contributed by atoms with Crippen LogP contribution in [0.5, 0.6) is 0 Å². The topological polar surface area (TPSA) is 140 Å². The van der Waals surface area contributed by atoms with Crippen LogP contribution in [0, 0.1) is 17.8 Å². The quantitative estimate of drug-likeness (QED) is 0.162. The molecule has 0 bridgehead atoms. The molecule has 0 aliphatic heterocycles. The number of aryl methyl sites for hydroxylation is 1. The molecule has 1 aromatic carbocycles. The number of benzene rings is 1. The van der Waals surface area contributed by atoms with E-state index in [4.69, 9.17) is 0 Å². The first-order valence-electron chi connectivity index (χ1n) is 13.5. The molecule has 37 heavy (non-hydrogen) atoms. The van der Waals surface area contributed by atoms with Crippen LogP contribution in [0.2, 0.25) is 0 Å². The van der Waals surface area contributed by atoms with Crippen molar-refractivity contribution in [2.24, 2.45) is 17.8 Å². The maximum absolute atomic E-state index is 13.1. The first kappa shape index (κ1) is 32.5. The molecule has 0 saturated heterocycles. The van der Waals surface area contributed by atoms with E-state index in [-0.39, 0.29) is 36.6 Å². The fourth-order valence-electron chi connectivity index (χ4n) is 4.11. The Morgan fingerprint density at radius 1 is 0.919 bits per heavy atom. The normalized spacial score (nSPS) is 15.4. The van der Waals surface area contributed by atoms with Crippen LogP contribution in [0.4, 0.5) is 0 Å². The van der Waals surface area contributed by atoms with Gasteiger partial charge in [0.05, 0.1) is 24.2 Å². The Kier molecular flexibility index (Phi) is 15.7. The van der Waals surface area contributed by atoms with Crippen LogP contribution in [-0.2, 0) is 20.8 Å². The first-order valence-corrected chi connectivity index (χ1v) is 13.5. The van der Waals surface area contributed by atoms with Crippen molar-refractivity contribution in [3.05, 3.63) is 35.9 Å². The second kappa shape index (κ2) is 17.9. The molecule has 210 valence electrons. The van der Waals surface area contributed by atoms with Gasteiger partial charge in [0.25, 0.3) is 0 Å². The number of hydrogen-bond acceptors (Lipinski definition) is 6. The monoisotopic (exact) mass is 520 g/mol. The smallest absolute Gasteiger partial charge is 0.225 e. The van der Waals surface area contributed by atoms with Gasteiger partial charge in [-0.1, -0.05) is 51.1 Å². The summed E-state index contributed by atoms with van der Waals surface area (Å²) in [6, 6.07) is 9.17. The zero-order valence-electron chi connectivity index (χ0n) is 23.1. The molecule has 0 heterocycles. The highest BCUT2D eigenvalue weighted by Gasteiger charge is 2.28. The molecular formula is C28H48N4O5. The van der Waals surface area contributed by atoms with E-state index in [0.29, 0.717) is 38.8 Å². The molecule has 0 aliphatic rings. The Morgan fingerprint density at radius 3 is 2.19 bits per heavy atom. The van der Waals surface area contributed by atoms with Crippen LogP contribution in [0.15, 0.2) is 30.3 Å². The van der Waals surface area contributed by atoms with Crippen LogP contribution in [-0.4, -0.2) is 72.9 Å². The van der Waals surface area contributed by atoms with Crippen LogP contribution >= 0.6 is 0 Å². The van der Waals surface area contributed by atoms with E-state index in [1.165, 1.54) is 0 Å². The zero-order valence-corrected chi connectivity index (χ0v) is 23.1. The second-order valence-corrected chi connectivity index (χ2v) is 10.2. The predicted molar refractivity (Wildman–Crippen MR) is 146 cm³/mol. The first-order chi connectivity index (χ1) is 17.6. The third-order valence-corrected chi connectivity index (χ3v) is 6.50. The van der Waals surface area contributed by atoms with E-state index in [9.17, 15) is 24.6 Å². The van der Waals surface area contributed by atoms with E-state index >= 15 is 0 Å². The summed E-state index contributed by atoms with van der Waals surface area (Å²) >= 11 is 0. The van der Waals surface area contributed by atoms with E-state index < -0.39 is 30.1 Å². The van der Waals surface area contributed by atoms with Gasteiger partial charge in [-0.05, 0) is 51.1 Å². The second-order valence-electron chi connectivity index (χ2n) is 10.2. The molecule has 5 atom stereocenters. The lowest BCUT2D eigenvalue weighted by Gasteiger charge is -2.27. The van der Waals surface area contributed by atoms with Crippen LogP contribution in [0.1, 0.15) is 58.9 Å². The molecule has 6 N–H and O–H groups in total. The molecule has 0 radical (unpaired) electrons. The number of rotatable bonds is 18. The maximum atomic E-state index is 13.1. The summed E-state index contributed by atoms with van der Waals surface area (Å²) in [5.41, 5.74) is 1.09. The fraction of sp³-hybridized carbons (Fsp3) is 0.679. The largest absolute Gasteiger partial charge is 0.390 e. The lowest BCUT2D eigenvalue weighted by Crippen LogP contribution is -2.50. The molecule has 3 amide bonds. The Labute approximate surface area is 222 Å². The van der Waals surface area contributed by atoms with Gasteiger partial charge >= 0.3 is 0 Å². The lowest BCUT2D eigenvalue weighted by atomic mass is 9.94. The number of likely N-dealkylation sites (N-methyl/N-ethyl adjacent to an activating group) is 1. The van der Waals surface area contributed by atoms with E-state index in [2.05, 4.69) is 21.3 Å². The molecule has 0 aliphatic carbocycles. The Balaban J connectivity index is 2.72. The number of carbonyl (C=O) groups excluding carboxylic acids is 3. The van der Waals surface area contributed by atoms with Crippen molar-refractivity contribution < 1.29 is 24.6 Å². The number of amides is 3. The summed E-state index contributed by atoms with van der Waals surface area (Å²) in [7, 11) is 1.80. The van der Waals surface area contributed by atoms with Crippen LogP contribution in [0.3, 0.4) is 0 Å². The van der Waals surface area contributed by atoms with Gasteiger partial charge in [-0.3, -0.25) is 14.4 Å². The molecule has 1 rings (SSSR count). The van der Waals surface area contributed by atoms with E-state index in [1.807, 2.05) is 51.1 Å². The van der Waals surface area contributed by atoms with Crippen LogP contribution in [0.25, 0.3) is 0 Å².